The highest BCUT2D eigenvalue weighted by molar-refractivity contribution is 6.01. The topological polar surface area (TPSA) is 46.4 Å². The van der Waals surface area contributed by atoms with Gasteiger partial charge in [0.05, 0.1) is 11.4 Å². The maximum Gasteiger partial charge on any atom is 0.248 e. The Balaban J connectivity index is 2.03. The zero-order valence-electron chi connectivity index (χ0n) is 11.7. The van der Waals surface area contributed by atoms with Crippen LogP contribution >= 0.6 is 0 Å². The number of nitrogens with zero attached hydrogens (tertiary/aromatic N) is 2. The molecule has 21 heavy (non-hydrogen) atoms. The lowest BCUT2D eigenvalue weighted by Crippen LogP contribution is -2.08. The molecule has 2 aromatic heterocycles. The van der Waals surface area contributed by atoms with Crippen molar-refractivity contribution in [2.75, 3.05) is 5.32 Å². The van der Waals surface area contributed by atoms with Gasteiger partial charge in [0.1, 0.15) is 5.65 Å². The molecule has 0 aliphatic rings. The first-order chi connectivity index (χ1) is 10.3. The van der Waals surface area contributed by atoms with Crippen molar-refractivity contribution in [1.29, 1.82) is 0 Å². The summed E-state index contributed by atoms with van der Waals surface area (Å²) in [4.78, 5) is 16.3. The molecule has 0 aliphatic heterocycles. The summed E-state index contributed by atoms with van der Waals surface area (Å²) in [5, 5.41) is 2.88. The number of amides is 1. The van der Waals surface area contributed by atoms with E-state index >= 15 is 0 Å². The van der Waals surface area contributed by atoms with Crippen LogP contribution in [0.3, 0.4) is 0 Å². The van der Waals surface area contributed by atoms with Gasteiger partial charge in [0.25, 0.3) is 0 Å². The number of carbonyl (C=O) groups is 1. The molecule has 4 heteroatoms. The van der Waals surface area contributed by atoms with Gasteiger partial charge in [0, 0.05) is 18.0 Å². The van der Waals surface area contributed by atoms with Crippen LogP contribution in [0.5, 0.6) is 0 Å². The number of allylic oxidation sites excluding steroid dienone is 1. The fourth-order valence-corrected chi connectivity index (χ4v) is 2.21. The smallest absolute Gasteiger partial charge is 0.248 e. The minimum Gasteiger partial charge on any atom is -0.322 e. The molecule has 1 aromatic carbocycles. The predicted molar refractivity (Wildman–Crippen MR) is 84.1 cm³/mol. The standard InChI is InChI=1S/C17H15N3O/c1-2-7-17(21)19-14-9-4-3-8-13(14)15-12-20-11-6-5-10-16(20)18-15/h2-12H,1H3,(H,19,21)/b7-2+. The molecule has 0 unspecified atom stereocenters. The van der Waals surface area contributed by atoms with Gasteiger partial charge < -0.3 is 9.72 Å². The fraction of sp³-hybridized carbons (Fsp3) is 0.0588. The molecular weight excluding hydrogens is 262 g/mol. The first-order valence-corrected chi connectivity index (χ1v) is 6.75. The van der Waals surface area contributed by atoms with Gasteiger partial charge >= 0.3 is 0 Å². The maximum absolute atomic E-state index is 11.7. The molecule has 1 N–H and O–H groups in total. The van der Waals surface area contributed by atoms with E-state index in [1.165, 1.54) is 6.08 Å². The molecule has 0 aliphatic carbocycles. The molecule has 0 atom stereocenters. The van der Waals surface area contributed by atoms with E-state index in [0.29, 0.717) is 0 Å². The molecule has 2 heterocycles. The van der Waals surface area contributed by atoms with Crippen LogP contribution in [0.1, 0.15) is 6.92 Å². The Morgan fingerprint density at radius 2 is 2.00 bits per heavy atom. The molecule has 3 rings (SSSR count). The van der Waals surface area contributed by atoms with E-state index in [0.717, 1.165) is 22.6 Å². The molecule has 3 aromatic rings. The van der Waals surface area contributed by atoms with Crippen molar-refractivity contribution in [2.24, 2.45) is 0 Å². The summed E-state index contributed by atoms with van der Waals surface area (Å²) in [6.45, 7) is 1.81. The van der Waals surface area contributed by atoms with Gasteiger partial charge in [-0.3, -0.25) is 4.79 Å². The lowest BCUT2D eigenvalue weighted by molar-refractivity contribution is -0.111. The number of benzene rings is 1. The van der Waals surface area contributed by atoms with E-state index in [1.54, 1.807) is 6.08 Å². The molecular formula is C17H15N3O. The van der Waals surface area contributed by atoms with Crippen molar-refractivity contribution in [3.8, 4) is 11.3 Å². The number of hydrogen-bond acceptors (Lipinski definition) is 2. The summed E-state index contributed by atoms with van der Waals surface area (Å²) in [6, 6.07) is 13.5. The molecule has 0 saturated carbocycles. The Bertz CT molecular complexity index is 785. The Kier molecular flexibility index (Phi) is 3.51. The third-order valence-electron chi connectivity index (χ3n) is 3.14. The average molecular weight is 277 g/mol. The summed E-state index contributed by atoms with van der Waals surface area (Å²) in [5.74, 6) is -0.145. The number of imidazole rings is 1. The van der Waals surface area contributed by atoms with Gasteiger partial charge in [-0.1, -0.05) is 30.3 Å². The Morgan fingerprint density at radius 3 is 2.81 bits per heavy atom. The largest absolute Gasteiger partial charge is 0.322 e. The maximum atomic E-state index is 11.7. The van der Waals surface area contributed by atoms with Crippen LogP contribution in [0.4, 0.5) is 5.69 Å². The van der Waals surface area contributed by atoms with Crippen LogP contribution < -0.4 is 5.32 Å². The minimum absolute atomic E-state index is 0.145. The van der Waals surface area contributed by atoms with Crippen LogP contribution in [0.25, 0.3) is 16.9 Å². The normalized spacial score (nSPS) is 11.1. The number of pyridine rings is 1. The molecule has 0 fully saturated rings. The van der Waals surface area contributed by atoms with Gasteiger partial charge in [0.15, 0.2) is 0 Å². The average Bonchev–Trinajstić information content (AvgIpc) is 2.91. The number of rotatable bonds is 3. The third kappa shape index (κ3) is 2.69. The molecule has 0 bridgehead atoms. The SMILES string of the molecule is C/C=C/C(=O)Nc1ccccc1-c1cn2ccccc2n1. The lowest BCUT2D eigenvalue weighted by Gasteiger charge is -2.07. The summed E-state index contributed by atoms with van der Waals surface area (Å²) < 4.78 is 1.96. The Morgan fingerprint density at radius 1 is 1.19 bits per heavy atom. The summed E-state index contributed by atoms with van der Waals surface area (Å²) in [5.41, 5.74) is 3.36. The van der Waals surface area contributed by atoms with Crippen LogP contribution in [0.2, 0.25) is 0 Å². The number of hydrogen-bond donors (Lipinski definition) is 1. The fourth-order valence-electron chi connectivity index (χ4n) is 2.21. The zero-order chi connectivity index (χ0) is 14.7. The van der Waals surface area contributed by atoms with Gasteiger partial charge in [-0.25, -0.2) is 4.98 Å². The van der Waals surface area contributed by atoms with Gasteiger partial charge in [-0.2, -0.15) is 0 Å². The highest BCUT2D eigenvalue weighted by Gasteiger charge is 2.09. The molecule has 4 nitrogen and oxygen atoms in total. The van der Waals surface area contributed by atoms with Gasteiger partial charge in [-0.05, 0) is 31.2 Å². The van der Waals surface area contributed by atoms with Gasteiger partial charge in [0.2, 0.25) is 5.91 Å². The van der Waals surface area contributed by atoms with Crippen molar-refractivity contribution in [3.05, 3.63) is 67.0 Å². The highest BCUT2D eigenvalue weighted by atomic mass is 16.1. The monoisotopic (exact) mass is 277 g/mol. The quantitative estimate of drug-likeness (QED) is 0.745. The van der Waals surface area contributed by atoms with E-state index in [9.17, 15) is 4.79 Å². The van der Waals surface area contributed by atoms with E-state index < -0.39 is 0 Å². The number of para-hydroxylation sites is 1. The minimum atomic E-state index is -0.145. The van der Waals surface area contributed by atoms with E-state index in [-0.39, 0.29) is 5.91 Å². The molecule has 0 saturated heterocycles. The predicted octanol–water partition coefficient (Wildman–Crippen LogP) is 3.52. The summed E-state index contributed by atoms with van der Waals surface area (Å²) in [6.07, 6.45) is 7.12. The lowest BCUT2D eigenvalue weighted by atomic mass is 10.1. The van der Waals surface area contributed by atoms with Crippen LogP contribution in [0, 0.1) is 0 Å². The first kappa shape index (κ1) is 13.1. The molecule has 0 radical (unpaired) electrons. The second-order valence-electron chi connectivity index (χ2n) is 4.63. The number of aromatic nitrogens is 2. The van der Waals surface area contributed by atoms with Crippen molar-refractivity contribution >= 4 is 17.2 Å². The van der Waals surface area contributed by atoms with Crippen molar-refractivity contribution in [3.63, 3.8) is 0 Å². The second kappa shape index (κ2) is 5.63. The number of anilines is 1. The second-order valence-corrected chi connectivity index (χ2v) is 4.63. The molecule has 1 amide bonds. The zero-order valence-corrected chi connectivity index (χ0v) is 11.7. The van der Waals surface area contributed by atoms with Crippen LogP contribution in [-0.4, -0.2) is 15.3 Å². The summed E-state index contributed by atoms with van der Waals surface area (Å²) >= 11 is 0. The van der Waals surface area contributed by atoms with Crippen molar-refractivity contribution in [2.45, 2.75) is 6.92 Å². The van der Waals surface area contributed by atoms with E-state index in [1.807, 2.05) is 66.2 Å². The number of fused-ring (bicyclic) bond motifs is 1. The Labute approximate surface area is 122 Å². The summed E-state index contributed by atoms with van der Waals surface area (Å²) in [7, 11) is 0. The molecule has 104 valence electrons. The number of carbonyl (C=O) groups excluding carboxylic acids is 1. The molecule has 0 spiro atoms. The van der Waals surface area contributed by atoms with Gasteiger partial charge in [-0.15, -0.1) is 0 Å². The highest BCUT2D eigenvalue weighted by Crippen LogP contribution is 2.27. The van der Waals surface area contributed by atoms with Crippen molar-refractivity contribution < 1.29 is 4.79 Å². The van der Waals surface area contributed by atoms with E-state index in [4.69, 9.17) is 0 Å². The first-order valence-electron chi connectivity index (χ1n) is 6.75. The number of nitrogens with one attached hydrogen (secondary N) is 1. The third-order valence-corrected chi connectivity index (χ3v) is 3.14. The van der Waals surface area contributed by atoms with Crippen LogP contribution in [0.15, 0.2) is 67.0 Å². The Hall–Kier alpha value is -2.88. The van der Waals surface area contributed by atoms with E-state index in [2.05, 4.69) is 10.3 Å². The van der Waals surface area contributed by atoms with Crippen LogP contribution in [-0.2, 0) is 4.79 Å². The van der Waals surface area contributed by atoms with Crippen molar-refractivity contribution in [1.82, 2.24) is 9.38 Å².